The summed E-state index contributed by atoms with van der Waals surface area (Å²) in [5.41, 5.74) is -1.75. The number of carboxylic acids is 4. The van der Waals surface area contributed by atoms with Crippen molar-refractivity contribution in [1.29, 1.82) is 0 Å². The molecule has 0 aliphatic carbocycles. The van der Waals surface area contributed by atoms with Crippen LogP contribution >= 0.6 is 0 Å². The normalized spacial score (nSPS) is 11.6. The van der Waals surface area contributed by atoms with Crippen LogP contribution in [0.5, 0.6) is 0 Å². The van der Waals surface area contributed by atoms with Gasteiger partial charge >= 0.3 is 53.7 Å². The van der Waals surface area contributed by atoms with Gasteiger partial charge in [0.15, 0.2) is 5.41 Å². The number of rotatable bonds is 77. The second kappa shape index (κ2) is 68.9. The van der Waals surface area contributed by atoms with Gasteiger partial charge in [-0.25, -0.2) is 0 Å². The van der Waals surface area contributed by atoms with Crippen LogP contribution in [0.3, 0.4) is 0 Å². The number of ether oxygens (including phenoxy) is 5. The fraction of sp³-hybridized carbons (Fsp3) is 0.885. The molecule has 21 nitrogen and oxygen atoms in total. The topological polar surface area (TPSA) is 290 Å². The summed E-state index contributed by atoms with van der Waals surface area (Å²) in [5.74, 6) is -7.68. The fourth-order valence-electron chi connectivity index (χ4n) is 12.2. The van der Waals surface area contributed by atoms with Crippen molar-refractivity contribution in [1.82, 2.24) is 14.7 Å². The summed E-state index contributed by atoms with van der Waals surface area (Å²) < 4.78 is 29.0. The molecular formula is C78H143N3O18. The van der Waals surface area contributed by atoms with Gasteiger partial charge < -0.3 is 44.1 Å². The first kappa shape index (κ1) is 94.1. The summed E-state index contributed by atoms with van der Waals surface area (Å²) in [7, 11) is 0. The zero-order valence-corrected chi connectivity index (χ0v) is 62.8. The van der Waals surface area contributed by atoms with E-state index in [1.54, 1.807) is 4.90 Å². The van der Waals surface area contributed by atoms with Gasteiger partial charge in [-0.2, -0.15) is 0 Å². The van der Waals surface area contributed by atoms with Gasteiger partial charge in [0, 0.05) is 45.4 Å². The van der Waals surface area contributed by atoms with E-state index in [2.05, 4.69) is 20.8 Å². The Morgan fingerprint density at radius 1 is 0.242 bits per heavy atom. The maximum Gasteiger partial charge on any atom is 0.322 e. The zero-order chi connectivity index (χ0) is 72.9. The minimum Gasteiger partial charge on any atom is -0.480 e. The third-order valence-corrected chi connectivity index (χ3v) is 18.5. The SMILES string of the molecule is CCCCCCCCCCCCCCCC(=O)OCC(COC(=O)CCCCCCCCCCCCCCC)(COC(=O)CCCCCCCCCCCCCCC)C(=O)OCCCCCCCCCCCOC(=O)CN(CCN(CC(=O)O)CC(=O)O)CCN(CC(=O)O)CC(=O)O. The summed E-state index contributed by atoms with van der Waals surface area (Å²) in [4.78, 5) is 117. The average molecular weight is 1410 g/mol. The van der Waals surface area contributed by atoms with Crippen molar-refractivity contribution in [2.24, 2.45) is 5.41 Å². The Hall–Kier alpha value is -4.89. The number of aliphatic carboxylic acids is 4. The maximum atomic E-state index is 14.4. The first-order valence-corrected chi connectivity index (χ1v) is 39.8. The van der Waals surface area contributed by atoms with E-state index in [-0.39, 0.29) is 65.2 Å². The van der Waals surface area contributed by atoms with Crippen molar-refractivity contribution in [2.45, 2.75) is 348 Å². The molecule has 4 N–H and O–H groups in total. The standard InChI is InChI=1S/C78H143N3O18/c1-4-7-10-13-16-19-22-25-28-32-37-42-47-52-73(90)97-66-78(67-98-74(91)53-48-43-38-33-29-26-23-20-17-14-11-8-5-2,68-99-75(92)54-49-44-39-34-30-27-24-21-18-15-12-9-6-3)77(94)96-60-51-46-41-36-31-35-40-45-50-59-95-76(93)65-79(55-57-80(61-69(82)83)62-70(84)85)56-58-81(63-71(86)87)64-72(88)89/h4-68H2,1-3H3,(H,82,83)(H,84,85)(H,86,87)(H,88,89). The molecule has 0 saturated carbocycles. The second-order valence-corrected chi connectivity index (χ2v) is 28.1. The van der Waals surface area contributed by atoms with Crippen molar-refractivity contribution >= 4 is 53.7 Å². The lowest BCUT2D eigenvalue weighted by atomic mass is 9.91. The van der Waals surface area contributed by atoms with Gasteiger partial charge in [-0.3, -0.25) is 57.9 Å². The van der Waals surface area contributed by atoms with E-state index in [1.165, 1.54) is 183 Å². The molecule has 0 aromatic carbocycles. The number of unbranched alkanes of at least 4 members (excludes halogenated alkanes) is 44. The number of carbonyl (C=O) groups is 9. The largest absolute Gasteiger partial charge is 0.480 e. The van der Waals surface area contributed by atoms with E-state index in [0.29, 0.717) is 32.1 Å². The molecule has 99 heavy (non-hydrogen) atoms. The van der Waals surface area contributed by atoms with Crippen LogP contribution in [0.4, 0.5) is 0 Å². The predicted octanol–water partition coefficient (Wildman–Crippen LogP) is 16.9. The Labute approximate surface area is 598 Å². The van der Waals surface area contributed by atoms with E-state index in [4.69, 9.17) is 23.7 Å². The number of carboxylic acid groups (broad SMARTS) is 4. The second-order valence-electron chi connectivity index (χ2n) is 28.1. The van der Waals surface area contributed by atoms with Gasteiger partial charge in [-0.1, -0.05) is 297 Å². The van der Waals surface area contributed by atoms with Crippen molar-refractivity contribution in [3.8, 4) is 0 Å². The molecule has 578 valence electrons. The van der Waals surface area contributed by atoms with Crippen molar-refractivity contribution in [3.05, 3.63) is 0 Å². The number of hydrogen-bond acceptors (Lipinski definition) is 17. The van der Waals surface area contributed by atoms with Crippen LogP contribution in [0.15, 0.2) is 0 Å². The van der Waals surface area contributed by atoms with Crippen LogP contribution in [0.25, 0.3) is 0 Å². The minimum atomic E-state index is -1.75. The van der Waals surface area contributed by atoms with E-state index >= 15 is 0 Å². The number of nitrogens with zero attached hydrogens (tertiary/aromatic N) is 3. The highest BCUT2D eigenvalue weighted by Gasteiger charge is 2.45. The van der Waals surface area contributed by atoms with E-state index < -0.39 is 105 Å². The van der Waals surface area contributed by atoms with Crippen molar-refractivity contribution < 1.29 is 87.3 Å². The molecule has 0 aromatic heterocycles. The zero-order valence-electron chi connectivity index (χ0n) is 62.8. The van der Waals surface area contributed by atoms with Gasteiger partial charge in [0.2, 0.25) is 0 Å². The Balaban J connectivity index is 5.66. The summed E-state index contributed by atoms with van der Waals surface area (Å²) in [6.45, 7) is 3.06. The van der Waals surface area contributed by atoms with Crippen LogP contribution < -0.4 is 0 Å². The molecule has 0 saturated heterocycles. The molecule has 0 aliphatic heterocycles. The monoisotopic (exact) mass is 1410 g/mol. The molecule has 0 spiro atoms. The minimum absolute atomic E-state index is 0.0319. The van der Waals surface area contributed by atoms with Crippen molar-refractivity contribution in [3.63, 3.8) is 0 Å². The third-order valence-electron chi connectivity index (χ3n) is 18.5. The highest BCUT2D eigenvalue weighted by Crippen LogP contribution is 2.26. The summed E-state index contributed by atoms with van der Waals surface area (Å²) in [6, 6.07) is 0. The quantitative estimate of drug-likeness (QED) is 0.0250. The first-order valence-electron chi connectivity index (χ1n) is 39.8. The Bertz CT molecular complexity index is 1840. The van der Waals surface area contributed by atoms with Crippen molar-refractivity contribution in [2.75, 3.05) is 91.9 Å². The first-order chi connectivity index (χ1) is 48.0. The Morgan fingerprint density at radius 2 is 0.455 bits per heavy atom. The van der Waals surface area contributed by atoms with Crippen LogP contribution in [0.2, 0.25) is 0 Å². The summed E-state index contributed by atoms with van der Waals surface area (Å²) in [5, 5.41) is 37.1. The molecule has 0 bridgehead atoms. The van der Waals surface area contributed by atoms with Crippen LogP contribution in [-0.2, 0) is 66.8 Å². The molecule has 0 unspecified atom stereocenters. The molecule has 0 radical (unpaired) electrons. The lowest BCUT2D eigenvalue weighted by Gasteiger charge is -2.30. The summed E-state index contributed by atoms with van der Waals surface area (Å²) >= 11 is 0. The van der Waals surface area contributed by atoms with E-state index in [0.717, 1.165) is 103 Å². The molecule has 0 rings (SSSR count). The number of hydrogen-bond donors (Lipinski definition) is 4. The highest BCUT2D eigenvalue weighted by atomic mass is 16.6. The molecule has 0 heterocycles. The molecule has 0 aliphatic rings. The predicted molar refractivity (Wildman–Crippen MR) is 390 cm³/mol. The number of esters is 5. The Kier molecular flexibility index (Phi) is 65.5. The summed E-state index contributed by atoms with van der Waals surface area (Å²) in [6.07, 6.45) is 53.5. The highest BCUT2D eigenvalue weighted by molar-refractivity contribution is 5.80. The van der Waals surface area contributed by atoms with Gasteiger partial charge in [0.25, 0.3) is 0 Å². The lowest BCUT2D eigenvalue weighted by molar-refractivity contribution is -0.180. The lowest BCUT2D eigenvalue weighted by Crippen LogP contribution is -2.47. The van der Waals surface area contributed by atoms with Crippen LogP contribution in [0, 0.1) is 5.41 Å². The molecule has 0 atom stereocenters. The molecular weight excluding hydrogens is 1270 g/mol. The molecule has 0 amide bonds. The van der Waals surface area contributed by atoms with Gasteiger partial charge in [-0.15, -0.1) is 0 Å². The third kappa shape index (κ3) is 63.7. The van der Waals surface area contributed by atoms with Crippen LogP contribution in [0.1, 0.15) is 348 Å². The molecule has 0 fully saturated rings. The Morgan fingerprint density at radius 3 is 0.697 bits per heavy atom. The number of carbonyl (C=O) groups excluding carboxylic acids is 5. The smallest absolute Gasteiger partial charge is 0.322 e. The van der Waals surface area contributed by atoms with E-state index in [1.807, 2.05) is 0 Å². The van der Waals surface area contributed by atoms with Gasteiger partial charge in [0.05, 0.1) is 45.9 Å². The average Bonchev–Trinajstić information content (AvgIpc) is 0.840. The van der Waals surface area contributed by atoms with E-state index in [9.17, 15) is 63.6 Å². The van der Waals surface area contributed by atoms with Gasteiger partial charge in [-0.05, 0) is 32.1 Å². The molecule has 21 heteroatoms. The fourth-order valence-corrected chi connectivity index (χ4v) is 12.2. The maximum absolute atomic E-state index is 14.4. The van der Waals surface area contributed by atoms with Gasteiger partial charge in [0.1, 0.15) is 19.8 Å². The molecule has 0 aromatic rings. The van der Waals surface area contributed by atoms with Crippen LogP contribution in [-0.4, -0.2) is 181 Å².